The second kappa shape index (κ2) is 2.60. The number of fused-ring (bicyclic) bond motifs is 1. The number of halogens is 3. The van der Waals surface area contributed by atoms with Crippen molar-refractivity contribution in [2.75, 3.05) is 5.73 Å². The highest BCUT2D eigenvalue weighted by Crippen LogP contribution is 2.29. The molecule has 0 fully saturated rings. The van der Waals surface area contributed by atoms with Crippen molar-refractivity contribution in [3.63, 3.8) is 0 Å². The van der Waals surface area contributed by atoms with Crippen molar-refractivity contribution in [2.24, 2.45) is 0 Å². The van der Waals surface area contributed by atoms with Crippen LogP contribution in [0.2, 0.25) is 0 Å². The van der Waals surface area contributed by atoms with Crippen molar-refractivity contribution in [3.8, 4) is 0 Å². The van der Waals surface area contributed by atoms with Gasteiger partial charge in [-0.2, -0.15) is 18.3 Å². The normalized spacial score (nSPS) is 12.2. The first-order valence-corrected chi connectivity index (χ1v) is 3.66. The number of nitrogens with two attached hydrogens (primary N) is 1. The summed E-state index contributed by atoms with van der Waals surface area (Å²) in [6.07, 6.45) is -4.46. The van der Waals surface area contributed by atoms with Gasteiger partial charge in [0.1, 0.15) is 11.2 Å². The second-order valence-corrected chi connectivity index (χ2v) is 2.70. The number of nitrogens with one attached hydrogen (secondary N) is 1. The number of rotatable bonds is 0. The zero-order chi connectivity index (χ0) is 10.3. The minimum atomic E-state index is -4.46. The molecule has 2 heterocycles. The fourth-order valence-corrected chi connectivity index (χ4v) is 1.08. The molecule has 0 aliphatic heterocycles. The molecule has 0 atom stereocenters. The Kier molecular flexibility index (Phi) is 1.63. The van der Waals surface area contributed by atoms with E-state index < -0.39 is 11.9 Å². The molecule has 0 spiro atoms. The molecule has 7 heteroatoms. The van der Waals surface area contributed by atoms with Crippen LogP contribution < -0.4 is 5.73 Å². The SMILES string of the molecule is Nc1n[nH]c2ccc(C(F)(F)F)nc12. The number of nitrogens with zero attached hydrogens (tertiary/aromatic N) is 2. The van der Waals surface area contributed by atoms with Crippen LogP contribution >= 0.6 is 0 Å². The van der Waals surface area contributed by atoms with E-state index in [-0.39, 0.29) is 11.3 Å². The number of hydrogen-bond acceptors (Lipinski definition) is 3. The highest BCUT2D eigenvalue weighted by Gasteiger charge is 2.32. The van der Waals surface area contributed by atoms with Crippen LogP contribution in [-0.2, 0) is 6.18 Å². The molecule has 14 heavy (non-hydrogen) atoms. The molecule has 74 valence electrons. The third kappa shape index (κ3) is 1.26. The first-order chi connectivity index (χ1) is 6.48. The molecule has 4 nitrogen and oxygen atoms in total. The zero-order valence-corrected chi connectivity index (χ0v) is 6.76. The van der Waals surface area contributed by atoms with E-state index in [1.807, 2.05) is 0 Å². The standard InChI is InChI=1S/C7H5F3N4/c8-7(9,10)4-2-1-3-5(12-4)6(11)14-13-3/h1-2H,(H3,11,13,14). The molecule has 2 aromatic heterocycles. The third-order valence-corrected chi connectivity index (χ3v) is 1.73. The number of H-pyrrole nitrogens is 1. The summed E-state index contributed by atoms with van der Waals surface area (Å²) in [6.45, 7) is 0. The summed E-state index contributed by atoms with van der Waals surface area (Å²) in [5.41, 5.74) is 4.77. The average Bonchev–Trinajstić information content (AvgIpc) is 2.46. The number of aromatic nitrogens is 3. The summed E-state index contributed by atoms with van der Waals surface area (Å²) in [6, 6.07) is 2.12. The highest BCUT2D eigenvalue weighted by molar-refractivity contribution is 5.84. The second-order valence-electron chi connectivity index (χ2n) is 2.70. The molecule has 0 aliphatic rings. The van der Waals surface area contributed by atoms with E-state index in [4.69, 9.17) is 5.73 Å². The summed E-state index contributed by atoms with van der Waals surface area (Å²) in [5, 5.41) is 6.00. The molecule has 0 unspecified atom stereocenters. The minimum Gasteiger partial charge on any atom is -0.380 e. The maximum Gasteiger partial charge on any atom is 0.433 e. The largest absolute Gasteiger partial charge is 0.433 e. The lowest BCUT2D eigenvalue weighted by atomic mass is 10.3. The Morgan fingerprint density at radius 1 is 1.29 bits per heavy atom. The monoisotopic (exact) mass is 202 g/mol. The van der Waals surface area contributed by atoms with E-state index in [1.54, 1.807) is 0 Å². The van der Waals surface area contributed by atoms with E-state index in [0.29, 0.717) is 5.52 Å². The Labute approximate surface area is 75.9 Å². The van der Waals surface area contributed by atoms with Gasteiger partial charge in [-0.1, -0.05) is 0 Å². The predicted octanol–water partition coefficient (Wildman–Crippen LogP) is 1.56. The van der Waals surface area contributed by atoms with Crippen molar-refractivity contribution >= 4 is 16.9 Å². The Balaban J connectivity index is 2.66. The van der Waals surface area contributed by atoms with Gasteiger partial charge in [0.05, 0.1) is 5.52 Å². The molecule has 0 bridgehead atoms. The Morgan fingerprint density at radius 3 is 2.64 bits per heavy atom. The summed E-state index contributed by atoms with van der Waals surface area (Å²) < 4.78 is 36.7. The van der Waals surface area contributed by atoms with Gasteiger partial charge in [0, 0.05) is 0 Å². The lowest BCUT2D eigenvalue weighted by Crippen LogP contribution is -2.07. The van der Waals surface area contributed by atoms with Gasteiger partial charge in [-0.3, -0.25) is 5.10 Å². The van der Waals surface area contributed by atoms with Crippen LogP contribution in [0, 0.1) is 0 Å². The average molecular weight is 202 g/mol. The van der Waals surface area contributed by atoms with Gasteiger partial charge in [-0.25, -0.2) is 4.98 Å². The smallest absolute Gasteiger partial charge is 0.380 e. The summed E-state index contributed by atoms with van der Waals surface area (Å²) in [7, 11) is 0. The van der Waals surface area contributed by atoms with Gasteiger partial charge in [0.15, 0.2) is 5.82 Å². The van der Waals surface area contributed by atoms with Crippen molar-refractivity contribution in [3.05, 3.63) is 17.8 Å². The molecule has 0 radical (unpaired) electrons. The Bertz CT molecular complexity index is 473. The summed E-state index contributed by atoms with van der Waals surface area (Å²) in [5.74, 6) is -0.0360. The van der Waals surface area contributed by atoms with Crippen LogP contribution in [0.15, 0.2) is 12.1 Å². The Hall–Kier alpha value is -1.79. The molecule has 2 rings (SSSR count). The van der Waals surface area contributed by atoms with E-state index >= 15 is 0 Å². The highest BCUT2D eigenvalue weighted by atomic mass is 19.4. The molecular weight excluding hydrogens is 197 g/mol. The van der Waals surface area contributed by atoms with Gasteiger partial charge in [-0.15, -0.1) is 0 Å². The van der Waals surface area contributed by atoms with Crippen molar-refractivity contribution in [2.45, 2.75) is 6.18 Å². The van der Waals surface area contributed by atoms with Gasteiger partial charge in [0.25, 0.3) is 0 Å². The van der Waals surface area contributed by atoms with Crippen LogP contribution in [0.25, 0.3) is 11.0 Å². The van der Waals surface area contributed by atoms with Gasteiger partial charge < -0.3 is 5.73 Å². The van der Waals surface area contributed by atoms with Crippen molar-refractivity contribution in [1.82, 2.24) is 15.2 Å². The number of anilines is 1. The van der Waals surface area contributed by atoms with Crippen LogP contribution in [0.3, 0.4) is 0 Å². The van der Waals surface area contributed by atoms with Crippen LogP contribution in [0.5, 0.6) is 0 Å². The number of nitrogen functional groups attached to an aromatic ring is 1. The molecule has 3 N–H and O–H groups in total. The predicted molar refractivity (Wildman–Crippen MR) is 43.3 cm³/mol. The quantitative estimate of drug-likeness (QED) is 0.681. The topological polar surface area (TPSA) is 67.6 Å². The molecule has 0 aromatic carbocycles. The first-order valence-electron chi connectivity index (χ1n) is 3.66. The van der Waals surface area contributed by atoms with Gasteiger partial charge >= 0.3 is 6.18 Å². The Morgan fingerprint density at radius 2 is 2.00 bits per heavy atom. The molecule has 0 saturated carbocycles. The number of hydrogen-bond donors (Lipinski definition) is 2. The molecule has 0 saturated heterocycles. The lowest BCUT2D eigenvalue weighted by Gasteiger charge is -2.04. The molecule has 2 aromatic rings. The van der Waals surface area contributed by atoms with E-state index in [2.05, 4.69) is 15.2 Å². The fourth-order valence-electron chi connectivity index (χ4n) is 1.08. The van der Waals surface area contributed by atoms with E-state index in [1.165, 1.54) is 6.07 Å². The van der Waals surface area contributed by atoms with Crippen molar-refractivity contribution < 1.29 is 13.2 Å². The summed E-state index contributed by atoms with van der Waals surface area (Å²) in [4.78, 5) is 3.36. The third-order valence-electron chi connectivity index (χ3n) is 1.73. The maximum absolute atomic E-state index is 12.2. The zero-order valence-electron chi connectivity index (χ0n) is 6.76. The van der Waals surface area contributed by atoms with Crippen LogP contribution in [-0.4, -0.2) is 15.2 Å². The lowest BCUT2D eigenvalue weighted by molar-refractivity contribution is -0.140. The molecule has 0 aliphatic carbocycles. The number of alkyl halides is 3. The number of aromatic amines is 1. The molecular formula is C7H5F3N4. The van der Waals surface area contributed by atoms with Gasteiger partial charge in [0.2, 0.25) is 0 Å². The van der Waals surface area contributed by atoms with Gasteiger partial charge in [-0.05, 0) is 12.1 Å². The molecule has 0 amide bonds. The number of pyridine rings is 1. The first kappa shape index (κ1) is 8.79. The summed E-state index contributed by atoms with van der Waals surface area (Å²) >= 11 is 0. The van der Waals surface area contributed by atoms with Crippen LogP contribution in [0.1, 0.15) is 5.69 Å². The van der Waals surface area contributed by atoms with Crippen LogP contribution in [0.4, 0.5) is 19.0 Å². The van der Waals surface area contributed by atoms with Crippen molar-refractivity contribution in [1.29, 1.82) is 0 Å². The fraction of sp³-hybridized carbons (Fsp3) is 0.143. The minimum absolute atomic E-state index is 0.0360. The van der Waals surface area contributed by atoms with E-state index in [0.717, 1.165) is 6.07 Å². The maximum atomic E-state index is 12.2. The van der Waals surface area contributed by atoms with E-state index in [9.17, 15) is 13.2 Å².